The lowest BCUT2D eigenvalue weighted by Gasteiger charge is -2.30. The predicted molar refractivity (Wildman–Crippen MR) is 93.0 cm³/mol. The van der Waals surface area contributed by atoms with E-state index in [1.165, 1.54) is 37.1 Å². The molecule has 1 aromatic carbocycles. The summed E-state index contributed by atoms with van der Waals surface area (Å²) in [6, 6.07) is 10.5. The second-order valence-corrected chi connectivity index (χ2v) is 6.65. The first-order chi connectivity index (χ1) is 10.2. The summed E-state index contributed by atoms with van der Waals surface area (Å²) in [5.41, 5.74) is 2.83. The van der Waals surface area contributed by atoms with E-state index >= 15 is 0 Å². The standard InChI is InChI=1S/C19H32N2/c1-5-13-20-18(6-2)16-9-11-17(12-10-16)21-14-7-8-19(21)15(3)4/h9-12,15,18-20H,5-8,13-14H2,1-4H3. The molecule has 1 fully saturated rings. The third-order valence-corrected chi connectivity index (χ3v) is 4.74. The van der Waals surface area contributed by atoms with E-state index < -0.39 is 0 Å². The van der Waals surface area contributed by atoms with Crippen molar-refractivity contribution < 1.29 is 0 Å². The molecule has 1 heterocycles. The van der Waals surface area contributed by atoms with Crippen LogP contribution >= 0.6 is 0 Å². The monoisotopic (exact) mass is 288 g/mol. The second kappa shape index (κ2) is 7.84. The van der Waals surface area contributed by atoms with Gasteiger partial charge in [-0.15, -0.1) is 0 Å². The first kappa shape index (κ1) is 16.4. The molecule has 0 radical (unpaired) electrons. The molecule has 2 atom stereocenters. The van der Waals surface area contributed by atoms with Gasteiger partial charge in [0.15, 0.2) is 0 Å². The summed E-state index contributed by atoms with van der Waals surface area (Å²) in [6.07, 6.45) is 5.02. The molecule has 0 spiro atoms. The number of nitrogens with one attached hydrogen (secondary N) is 1. The fourth-order valence-corrected chi connectivity index (χ4v) is 3.52. The number of hydrogen-bond acceptors (Lipinski definition) is 2. The highest BCUT2D eigenvalue weighted by Gasteiger charge is 2.27. The van der Waals surface area contributed by atoms with Crippen molar-refractivity contribution in [2.75, 3.05) is 18.0 Å². The lowest BCUT2D eigenvalue weighted by molar-refractivity contribution is 0.491. The van der Waals surface area contributed by atoms with Crippen LogP contribution in [0, 0.1) is 5.92 Å². The number of nitrogens with zero attached hydrogens (tertiary/aromatic N) is 1. The van der Waals surface area contributed by atoms with Crippen LogP contribution in [-0.2, 0) is 0 Å². The van der Waals surface area contributed by atoms with Crippen LogP contribution in [0.4, 0.5) is 5.69 Å². The van der Waals surface area contributed by atoms with Crippen LogP contribution in [0.1, 0.15) is 65.0 Å². The van der Waals surface area contributed by atoms with Crippen molar-refractivity contribution in [3.05, 3.63) is 29.8 Å². The summed E-state index contributed by atoms with van der Waals surface area (Å²) in [5.74, 6) is 0.738. The van der Waals surface area contributed by atoms with Crippen molar-refractivity contribution in [2.24, 2.45) is 5.92 Å². The molecule has 0 aromatic heterocycles. The smallest absolute Gasteiger partial charge is 0.0369 e. The van der Waals surface area contributed by atoms with Gasteiger partial charge in [0.2, 0.25) is 0 Å². The van der Waals surface area contributed by atoms with E-state index in [4.69, 9.17) is 0 Å². The molecule has 2 nitrogen and oxygen atoms in total. The van der Waals surface area contributed by atoms with Gasteiger partial charge >= 0.3 is 0 Å². The van der Waals surface area contributed by atoms with Gasteiger partial charge in [0.25, 0.3) is 0 Å². The van der Waals surface area contributed by atoms with Gasteiger partial charge in [-0.05, 0) is 55.8 Å². The van der Waals surface area contributed by atoms with Crippen molar-refractivity contribution in [1.29, 1.82) is 0 Å². The quantitative estimate of drug-likeness (QED) is 0.778. The summed E-state index contributed by atoms with van der Waals surface area (Å²) in [6.45, 7) is 11.5. The molecule has 1 aromatic rings. The van der Waals surface area contributed by atoms with E-state index in [1.807, 2.05) is 0 Å². The van der Waals surface area contributed by atoms with Gasteiger partial charge in [-0.1, -0.05) is 39.8 Å². The Kier molecular flexibility index (Phi) is 6.10. The van der Waals surface area contributed by atoms with Gasteiger partial charge in [0.05, 0.1) is 0 Å². The third kappa shape index (κ3) is 4.00. The van der Waals surface area contributed by atoms with Crippen LogP contribution in [0.2, 0.25) is 0 Å². The molecule has 1 aliphatic heterocycles. The Bertz CT molecular complexity index is 410. The Morgan fingerprint density at radius 2 is 1.90 bits per heavy atom. The van der Waals surface area contributed by atoms with Crippen LogP contribution in [0.5, 0.6) is 0 Å². The van der Waals surface area contributed by atoms with Crippen LogP contribution in [-0.4, -0.2) is 19.1 Å². The van der Waals surface area contributed by atoms with Crippen molar-refractivity contribution in [2.45, 2.75) is 65.5 Å². The summed E-state index contributed by atoms with van der Waals surface area (Å²) >= 11 is 0. The van der Waals surface area contributed by atoms with E-state index in [-0.39, 0.29) is 0 Å². The van der Waals surface area contributed by atoms with Crippen molar-refractivity contribution in [3.63, 3.8) is 0 Å². The average Bonchev–Trinajstić information content (AvgIpc) is 2.98. The normalized spacial score (nSPS) is 20.2. The van der Waals surface area contributed by atoms with Gasteiger partial charge in [-0.3, -0.25) is 0 Å². The first-order valence-electron chi connectivity index (χ1n) is 8.77. The van der Waals surface area contributed by atoms with Gasteiger partial charge in [0, 0.05) is 24.3 Å². The molecule has 21 heavy (non-hydrogen) atoms. The molecule has 0 aliphatic carbocycles. The highest BCUT2D eigenvalue weighted by Crippen LogP contribution is 2.30. The topological polar surface area (TPSA) is 15.3 Å². The minimum atomic E-state index is 0.499. The maximum absolute atomic E-state index is 3.64. The van der Waals surface area contributed by atoms with Crippen molar-refractivity contribution in [1.82, 2.24) is 5.32 Å². The molecular weight excluding hydrogens is 256 g/mol. The maximum Gasteiger partial charge on any atom is 0.0369 e. The lowest BCUT2D eigenvalue weighted by Crippen LogP contribution is -2.33. The second-order valence-electron chi connectivity index (χ2n) is 6.65. The molecule has 1 saturated heterocycles. The Balaban J connectivity index is 2.07. The fourth-order valence-electron chi connectivity index (χ4n) is 3.52. The highest BCUT2D eigenvalue weighted by atomic mass is 15.2. The van der Waals surface area contributed by atoms with E-state index in [1.54, 1.807) is 0 Å². The number of rotatable bonds is 7. The summed E-state index contributed by atoms with van der Waals surface area (Å²) in [7, 11) is 0. The van der Waals surface area contributed by atoms with Crippen LogP contribution in [0.25, 0.3) is 0 Å². The molecule has 2 heteroatoms. The van der Waals surface area contributed by atoms with Gasteiger partial charge in [-0.2, -0.15) is 0 Å². The minimum absolute atomic E-state index is 0.499. The fraction of sp³-hybridized carbons (Fsp3) is 0.684. The summed E-state index contributed by atoms with van der Waals surface area (Å²) < 4.78 is 0. The van der Waals surface area contributed by atoms with Gasteiger partial charge < -0.3 is 10.2 Å². The molecule has 0 amide bonds. The first-order valence-corrected chi connectivity index (χ1v) is 8.77. The molecule has 1 N–H and O–H groups in total. The molecule has 2 unspecified atom stereocenters. The minimum Gasteiger partial charge on any atom is -0.368 e. The zero-order chi connectivity index (χ0) is 15.2. The number of hydrogen-bond donors (Lipinski definition) is 1. The Hall–Kier alpha value is -1.02. The predicted octanol–water partition coefficient (Wildman–Crippen LogP) is 4.76. The molecule has 118 valence electrons. The van der Waals surface area contributed by atoms with Gasteiger partial charge in [-0.25, -0.2) is 0 Å². The van der Waals surface area contributed by atoms with E-state index in [9.17, 15) is 0 Å². The summed E-state index contributed by atoms with van der Waals surface area (Å²) in [5, 5.41) is 3.64. The molecule has 1 aliphatic rings. The van der Waals surface area contributed by atoms with Gasteiger partial charge in [0.1, 0.15) is 0 Å². The average molecular weight is 288 g/mol. The Morgan fingerprint density at radius 3 is 2.48 bits per heavy atom. The van der Waals surface area contributed by atoms with Crippen molar-refractivity contribution >= 4 is 5.69 Å². The van der Waals surface area contributed by atoms with E-state index in [0.29, 0.717) is 6.04 Å². The van der Waals surface area contributed by atoms with Crippen LogP contribution in [0.3, 0.4) is 0 Å². The molecule has 2 rings (SSSR count). The zero-order valence-electron chi connectivity index (χ0n) is 14.2. The summed E-state index contributed by atoms with van der Waals surface area (Å²) in [4.78, 5) is 2.61. The molecular formula is C19H32N2. The highest BCUT2D eigenvalue weighted by molar-refractivity contribution is 5.50. The Morgan fingerprint density at radius 1 is 1.19 bits per heavy atom. The zero-order valence-corrected chi connectivity index (χ0v) is 14.2. The largest absolute Gasteiger partial charge is 0.368 e. The number of anilines is 1. The molecule has 0 saturated carbocycles. The van der Waals surface area contributed by atoms with E-state index in [2.05, 4.69) is 62.2 Å². The van der Waals surface area contributed by atoms with Crippen LogP contribution < -0.4 is 10.2 Å². The SMILES string of the molecule is CCCNC(CC)c1ccc(N2CCCC2C(C)C)cc1. The molecule has 0 bridgehead atoms. The van der Waals surface area contributed by atoms with Crippen molar-refractivity contribution in [3.8, 4) is 0 Å². The third-order valence-electron chi connectivity index (χ3n) is 4.74. The maximum atomic E-state index is 3.64. The Labute approximate surface area is 130 Å². The van der Waals surface area contributed by atoms with Crippen LogP contribution in [0.15, 0.2) is 24.3 Å². The number of benzene rings is 1. The lowest BCUT2D eigenvalue weighted by atomic mass is 10.0. The van der Waals surface area contributed by atoms with E-state index in [0.717, 1.165) is 24.9 Å².